The molecule has 0 radical (unpaired) electrons. The summed E-state index contributed by atoms with van der Waals surface area (Å²) in [5.74, 6) is 0.733. The van der Waals surface area contributed by atoms with Gasteiger partial charge >= 0.3 is 0 Å². The number of hydrogen-bond acceptors (Lipinski definition) is 1. The fourth-order valence-corrected chi connectivity index (χ4v) is 3.00. The largest absolute Gasteiger partial charge is 0.545 e. The quantitative estimate of drug-likeness (QED) is 0.403. The van der Waals surface area contributed by atoms with Crippen molar-refractivity contribution in [1.82, 2.24) is 0 Å². The molecule has 0 bridgehead atoms. The van der Waals surface area contributed by atoms with Crippen LogP contribution in [-0.4, -0.2) is 8.32 Å². The molecule has 0 aliphatic carbocycles. The van der Waals surface area contributed by atoms with E-state index in [1.807, 2.05) is 42.5 Å². The van der Waals surface area contributed by atoms with Crippen molar-refractivity contribution in [2.75, 3.05) is 0 Å². The molecule has 0 amide bonds. The number of allylic oxidation sites excluding steroid dienone is 1. The summed E-state index contributed by atoms with van der Waals surface area (Å²) < 4.78 is 5.98. The normalized spacial score (nSPS) is 10.8. The van der Waals surface area contributed by atoms with Crippen LogP contribution in [0.4, 0.5) is 0 Å². The predicted octanol–water partition coefficient (Wildman–Crippen LogP) is 5.48. The zero-order valence-corrected chi connectivity index (χ0v) is 14.0. The van der Waals surface area contributed by atoms with Crippen molar-refractivity contribution in [3.8, 4) is 0 Å². The van der Waals surface area contributed by atoms with Crippen LogP contribution in [-0.2, 0) is 4.43 Å². The fourth-order valence-electron chi connectivity index (χ4n) is 2.15. The van der Waals surface area contributed by atoms with Gasteiger partial charge in [0.05, 0.1) is 5.76 Å². The van der Waals surface area contributed by atoms with Crippen LogP contribution in [0.15, 0.2) is 79.1 Å². The van der Waals surface area contributed by atoms with Crippen molar-refractivity contribution >= 4 is 13.9 Å². The van der Waals surface area contributed by atoms with E-state index < -0.39 is 8.32 Å². The molecule has 0 atom stereocenters. The van der Waals surface area contributed by atoms with Crippen molar-refractivity contribution in [3.05, 3.63) is 90.2 Å². The van der Waals surface area contributed by atoms with Crippen molar-refractivity contribution in [3.63, 3.8) is 0 Å². The highest BCUT2D eigenvalue weighted by Crippen LogP contribution is 2.25. The van der Waals surface area contributed by atoms with Crippen LogP contribution < -0.4 is 0 Å². The summed E-state index contributed by atoms with van der Waals surface area (Å²) in [6.07, 6.45) is 2.04. The van der Waals surface area contributed by atoms with E-state index in [4.69, 9.17) is 4.43 Å². The first kappa shape index (κ1) is 15.3. The van der Waals surface area contributed by atoms with E-state index in [2.05, 4.69) is 50.5 Å². The van der Waals surface area contributed by atoms with Crippen LogP contribution in [0.2, 0.25) is 19.6 Å². The summed E-state index contributed by atoms with van der Waals surface area (Å²) in [7, 11) is -1.63. The Kier molecular flexibility index (Phi) is 4.81. The average molecular weight is 294 g/mol. The Morgan fingerprint density at radius 2 is 1.29 bits per heavy atom. The molecule has 108 valence electrons. The van der Waals surface area contributed by atoms with Gasteiger partial charge in [0, 0.05) is 0 Å². The standard InChI is InChI=1S/C19H22OSi/c1-16(20-21(2,3)4)15-19(17-11-7-5-8-12-17)18-13-9-6-10-14-18/h5-15H,1H2,2-4H3. The highest BCUT2D eigenvalue weighted by molar-refractivity contribution is 6.70. The van der Waals surface area contributed by atoms with Crippen LogP contribution in [0.5, 0.6) is 0 Å². The molecule has 0 heterocycles. The van der Waals surface area contributed by atoms with Crippen LogP contribution in [0.1, 0.15) is 11.1 Å². The zero-order chi connectivity index (χ0) is 15.3. The average Bonchev–Trinajstić information content (AvgIpc) is 2.45. The van der Waals surface area contributed by atoms with Crippen LogP contribution in [0.3, 0.4) is 0 Å². The number of rotatable bonds is 5. The van der Waals surface area contributed by atoms with Crippen molar-refractivity contribution < 1.29 is 4.43 Å². The topological polar surface area (TPSA) is 9.23 Å². The van der Waals surface area contributed by atoms with E-state index in [0.717, 1.165) is 11.3 Å². The van der Waals surface area contributed by atoms with Crippen molar-refractivity contribution in [1.29, 1.82) is 0 Å². The summed E-state index contributed by atoms with van der Waals surface area (Å²) >= 11 is 0. The lowest BCUT2D eigenvalue weighted by atomic mass is 9.97. The fraction of sp³-hybridized carbons (Fsp3) is 0.158. The van der Waals surface area contributed by atoms with Gasteiger partial charge in [-0.2, -0.15) is 0 Å². The van der Waals surface area contributed by atoms with Gasteiger partial charge in [0.15, 0.2) is 0 Å². The highest BCUT2D eigenvalue weighted by Gasteiger charge is 2.16. The molecule has 2 aromatic rings. The van der Waals surface area contributed by atoms with Gasteiger partial charge in [0.25, 0.3) is 0 Å². The Morgan fingerprint density at radius 3 is 1.67 bits per heavy atom. The SMILES string of the molecule is C=C(C=C(c1ccccc1)c1ccccc1)O[Si](C)(C)C. The molecule has 2 aromatic carbocycles. The van der Waals surface area contributed by atoms with Crippen LogP contribution >= 0.6 is 0 Å². The number of hydrogen-bond donors (Lipinski definition) is 0. The van der Waals surface area contributed by atoms with E-state index in [0.29, 0.717) is 0 Å². The first-order valence-electron chi connectivity index (χ1n) is 7.16. The summed E-state index contributed by atoms with van der Waals surface area (Å²) in [5, 5.41) is 0. The van der Waals surface area contributed by atoms with Gasteiger partial charge in [-0.05, 0) is 42.4 Å². The third kappa shape index (κ3) is 4.76. The molecule has 0 saturated carbocycles. The molecule has 0 spiro atoms. The van der Waals surface area contributed by atoms with Gasteiger partial charge in [-0.25, -0.2) is 0 Å². The monoisotopic (exact) mass is 294 g/mol. The minimum absolute atomic E-state index is 0.733. The Hall–Kier alpha value is -2.06. The highest BCUT2D eigenvalue weighted by atomic mass is 28.4. The lowest BCUT2D eigenvalue weighted by molar-refractivity contribution is 0.444. The molecule has 2 heteroatoms. The second kappa shape index (κ2) is 6.59. The summed E-state index contributed by atoms with van der Waals surface area (Å²) in [5.41, 5.74) is 3.48. The van der Waals surface area contributed by atoms with E-state index >= 15 is 0 Å². The maximum Gasteiger partial charge on any atom is 0.242 e. The summed E-state index contributed by atoms with van der Waals surface area (Å²) in [6, 6.07) is 20.7. The van der Waals surface area contributed by atoms with Crippen LogP contribution in [0, 0.1) is 0 Å². The second-order valence-electron chi connectivity index (χ2n) is 5.97. The molecule has 21 heavy (non-hydrogen) atoms. The van der Waals surface area contributed by atoms with E-state index in [-0.39, 0.29) is 0 Å². The summed E-state index contributed by atoms with van der Waals surface area (Å²) in [4.78, 5) is 0. The summed E-state index contributed by atoms with van der Waals surface area (Å²) in [6.45, 7) is 10.6. The molecular weight excluding hydrogens is 272 g/mol. The smallest absolute Gasteiger partial charge is 0.242 e. The lowest BCUT2D eigenvalue weighted by Crippen LogP contribution is -2.24. The molecule has 0 aliphatic rings. The van der Waals surface area contributed by atoms with Gasteiger partial charge < -0.3 is 4.43 Å². The van der Waals surface area contributed by atoms with E-state index in [9.17, 15) is 0 Å². The maximum absolute atomic E-state index is 5.98. The predicted molar refractivity (Wildman–Crippen MR) is 93.5 cm³/mol. The Morgan fingerprint density at radius 1 is 0.857 bits per heavy atom. The van der Waals surface area contributed by atoms with Gasteiger partial charge in [-0.1, -0.05) is 67.2 Å². The minimum atomic E-state index is -1.63. The Labute approximate surface area is 128 Å². The first-order valence-corrected chi connectivity index (χ1v) is 10.6. The molecule has 0 N–H and O–H groups in total. The first-order chi connectivity index (χ1) is 9.96. The maximum atomic E-state index is 5.98. The molecule has 2 rings (SSSR count). The van der Waals surface area contributed by atoms with E-state index in [1.165, 1.54) is 11.1 Å². The third-order valence-electron chi connectivity index (χ3n) is 2.91. The zero-order valence-electron chi connectivity index (χ0n) is 13.0. The second-order valence-corrected chi connectivity index (χ2v) is 10.4. The van der Waals surface area contributed by atoms with E-state index in [1.54, 1.807) is 0 Å². The molecule has 0 aliphatic heterocycles. The minimum Gasteiger partial charge on any atom is -0.545 e. The molecular formula is C19H22OSi. The third-order valence-corrected chi connectivity index (χ3v) is 3.79. The molecule has 0 aromatic heterocycles. The lowest BCUT2D eigenvalue weighted by Gasteiger charge is -2.20. The van der Waals surface area contributed by atoms with Gasteiger partial charge in [-0.15, -0.1) is 0 Å². The Balaban J connectivity index is 2.40. The van der Waals surface area contributed by atoms with Gasteiger partial charge in [0.1, 0.15) is 0 Å². The molecule has 0 saturated heterocycles. The molecule has 0 fully saturated rings. The van der Waals surface area contributed by atoms with Crippen molar-refractivity contribution in [2.24, 2.45) is 0 Å². The Bertz CT molecular complexity index is 580. The van der Waals surface area contributed by atoms with Gasteiger partial charge in [-0.3, -0.25) is 0 Å². The van der Waals surface area contributed by atoms with Gasteiger partial charge in [0.2, 0.25) is 8.32 Å². The van der Waals surface area contributed by atoms with Crippen LogP contribution in [0.25, 0.3) is 5.57 Å². The molecule has 0 unspecified atom stereocenters. The van der Waals surface area contributed by atoms with Crippen molar-refractivity contribution in [2.45, 2.75) is 19.6 Å². The molecule has 1 nitrogen and oxygen atoms in total. The number of benzene rings is 2.